The third kappa shape index (κ3) is 4.75. The summed E-state index contributed by atoms with van der Waals surface area (Å²) in [5.74, 6) is 2.91. The molecule has 2 N–H and O–H groups in total. The summed E-state index contributed by atoms with van der Waals surface area (Å²) in [4.78, 5) is 41.3. The number of piperidine rings is 1. The SMILES string of the molecule is C/N=C/c1ncncc1N1CC(Cn2c(-c3cc4cccnc4n3CC3CC3)nc3cc(C(=O)N4CC5CCC4[C@@H]5N)cc(OC)c32)C1. The lowest BCUT2D eigenvalue weighted by atomic mass is 9.98. The van der Waals surface area contributed by atoms with Gasteiger partial charge in [0, 0.05) is 81.1 Å². The Hall–Kier alpha value is -4.84. The molecule has 2 aliphatic carbocycles. The van der Waals surface area contributed by atoms with Crippen LogP contribution in [-0.4, -0.2) is 92.0 Å². The van der Waals surface area contributed by atoms with Crippen LogP contribution in [0.2, 0.25) is 0 Å². The molecule has 1 amide bonds. The van der Waals surface area contributed by atoms with E-state index in [2.05, 4.69) is 41.1 Å². The zero-order valence-corrected chi connectivity index (χ0v) is 27.4. The van der Waals surface area contributed by atoms with Crippen molar-refractivity contribution < 1.29 is 9.53 Å². The number of carbonyl (C=O) groups excluding carboxylic acids is 1. The first-order valence-electron chi connectivity index (χ1n) is 17.1. The normalized spacial score (nSPS) is 22.4. The average molecular weight is 645 g/mol. The summed E-state index contributed by atoms with van der Waals surface area (Å²) in [7, 11) is 3.43. The number of benzene rings is 1. The molecule has 2 unspecified atom stereocenters. The number of rotatable bonds is 9. The molecule has 2 aliphatic heterocycles. The van der Waals surface area contributed by atoms with Gasteiger partial charge in [-0.3, -0.25) is 9.79 Å². The van der Waals surface area contributed by atoms with E-state index in [9.17, 15) is 4.79 Å². The van der Waals surface area contributed by atoms with Crippen molar-refractivity contribution in [3.63, 3.8) is 0 Å². The van der Waals surface area contributed by atoms with E-state index < -0.39 is 0 Å². The van der Waals surface area contributed by atoms with Crippen molar-refractivity contribution in [2.45, 2.75) is 50.9 Å². The van der Waals surface area contributed by atoms with E-state index in [4.69, 9.17) is 20.4 Å². The van der Waals surface area contributed by atoms with Gasteiger partial charge in [-0.05, 0) is 67.9 Å². The summed E-state index contributed by atoms with van der Waals surface area (Å²) in [6.07, 6.45) is 11.6. The minimum atomic E-state index is 0.00661. The molecule has 12 heteroatoms. The maximum atomic E-state index is 14.0. The van der Waals surface area contributed by atoms with Crippen LogP contribution in [0.25, 0.3) is 33.6 Å². The topological polar surface area (TPSA) is 133 Å². The third-order valence-corrected chi connectivity index (χ3v) is 10.9. The van der Waals surface area contributed by atoms with Crippen LogP contribution in [0.4, 0.5) is 5.69 Å². The number of amides is 1. The van der Waals surface area contributed by atoms with Crippen LogP contribution < -0.4 is 15.4 Å². The number of aliphatic imine (C=N–C) groups is 1. The number of fused-ring (bicyclic) bond motifs is 4. The summed E-state index contributed by atoms with van der Waals surface area (Å²) >= 11 is 0. The van der Waals surface area contributed by atoms with Crippen molar-refractivity contribution in [2.24, 2.45) is 28.5 Å². The molecule has 5 aromatic rings. The number of imidazole rings is 1. The van der Waals surface area contributed by atoms with Gasteiger partial charge in [0.2, 0.25) is 0 Å². The van der Waals surface area contributed by atoms with E-state index in [1.807, 2.05) is 35.5 Å². The van der Waals surface area contributed by atoms with E-state index in [1.54, 1.807) is 26.7 Å². The van der Waals surface area contributed by atoms with Crippen molar-refractivity contribution in [3.05, 3.63) is 60.3 Å². The van der Waals surface area contributed by atoms with Gasteiger partial charge in [0.15, 0.2) is 5.82 Å². The maximum absolute atomic E-state index is 14.0. The van der Waals surface area contributed by atoms with Gasteiger partial charge in [-0.25, -0.2) is 19.9 Å². The fraction of sp³-hybridized carbons (Fsp3) is 0.444. The number of carbonyl (C=O) groups is 1. The lowest BCUT2D eigenvalue weighted by molar-refractivity contribution is 0.0700. The Balaban J connectivity index is 1.13. The first-order chi connectivity index (χ1) is 23.5. The molecule has 2 bridgehead atoms. The molecule has 1 aromatic carbocycles. The minimum Gasteiger partial charge on any atom is -0.494 e. The Morgan fingerprint density at radius 1 is 1.06 bits per heavy atom. The first kappa shape index (κ1) is 29.3. The number of hydrogen-bond donors (Lipinski definition) is 1. The molecule has 6 heterocycles. The molecule has 2 saturated carbocycles. The van der Waals surface area contributed by atoms with Gasteiger partial charge in [-0.1, -0.05) is 0 Å². The van der Waals surface area contributed by atoms with Gasteiger partial charge >= 0.3 is 0 Å². The summed E-state index contributed by atoms with van der Waals surface area (Å²) in [6, 6.07) is 10.3. The fourth-order valence-electron chi connectivity index (χ4n) is 8.28. The Morgan fingerprint density at radius 2 is 1.92 bits per heavy atom. The number of nitrogens with zero attached hydrogens (tertiary/aromatic N) is 9. The highest BCUT2D eigenvalue weighted by Crippen LogP contribution is 2.41. The van der Waals surface area contributed by atoms with Crippen LogP contribution in [0.5, 0.6) is 5.75 Å². The number of pyridine rings is 1. The van der Waals surface area contributed by atoms with Gasteiger partial charge in [0.1, 0.15) is 28.9 Å². The van der Waals surface area contributed by atoms with Gasteiger partial charge in [-0.2, -0.15) is 0 Å². The first-order valence-corrected chi connectivity index (χ1v) is 17.1. The number of anilines is 1. The molecule has 48 heavy (non-hydrogen) atoms. The Kier molecular flexibility index (Phi) is 6.96. The molecule has 12 nitrogen and oxygen atoms in total. The zero-order valence-electron chi connectivity index (χ0n) is 27.4. The molecular formula is C36H40N10O2. The van der Waals surface area contributed by atoms with Crippen molar-refractivity contribution in [2.75, 3.05) is 38.7 Å². The molecule has 2 saturated heterocycles. The maximum Gasteiger partial charge on any atom is 0.254 e. The van der Waals surface area contributed by atoms with Gasteiger partial charge in [0.05, 0.1) is 30.2 Å². The Labute approximate surface area is 278 Å². The van der Waals surface area contributed by atoms with Crippen LogP contribution in [-0.2, 0) is 13.1 Å². The van der Waals surface area contributed by atoms with E-state index in [1.165, 1.54) is 12.8 Å². The van der Waals surface area contributed by atoms with Crippen LogP contribution in [0.3, 0.4) is 0 Å². The number of methoxy groups -OCH3 is 1. The largest absolute Gasteiger partial charge is 0.494 e. The number of aromatic nitrogens is 6. The van der Waals surface area contributed by atoms with E-state index >= 15 is 0 Å². The lowest BCUT2D eigenvalue weighted by Crippen LogP contribution is -2.49. The van der Waals surface area contributed by atoms with Crippen LogP contribution >= 0.6 is 0 Å². The Bertz CT molecular complexity index is 2070. The molecular weight excluding hydrogens is 604 g/mol. The van der Waals surface area contributed by atoms with E-state index in [-0.39, 0.29) is 18.0 Å². The monoisotopic (exact) mass is 644 g/mol. The third-order valence-electron chi connectivity index (χ3n) is 10.9. The number of nitrogens with two attached hydrogens (primary N) is 1. The second kappa shape index (κ2) is 11.4. The van der Waals surface area contributed by atoms with E-state index in [0.717, 1.165) is 90.5 Å². The van der Waals surface area contributed by atoms with Crippen LogP contribution in [0.15, 0.2) is 54.0 Å². The van der Waals surface area contributed by atoms with E-state index in [0.29, 0.717) is 29.1 Å². The summed E-state index contributed by atoms with van der Waals surface area (Å²) in [5.41, 5.74) is 12.6. The second-order valence-electron chi connectivity index (χ2n) is 14.0. The van der Waals surface area contributed by atoms with Crippen molar-refractivity contribution >= 4 is 39.9 Å². The molecule has 3 atom stereocenters. The number of ether oxygens (including phenoxy) is 1. The van der Waals surface area contributed by atoms with Gasteiger partial charge in [-0.15, -0.1) is 0 Å². The van der Waals surface area contributed by atoms with Crippen molar-refractivity contribution in [1.82, 2.24) is 34.0 Å². The zero-order chi connectivity index (χ0) is 32.5. The van der Waals surface area contributed by atoms with Gasteiger partial charge in [0.25, 0.3) is 5.91 Å². The predicted octanol–water partition coefficient (Wildman–Crippen LogP) is 4.01. The summed E-state index contributed by atoms with van der Waals surface area (Å²) in [6.45, 7) is 4.06. The van der Waals surface area contributed by atoms with Crippen molar-refractivity contribution in [3.8, 4) is 17.3 Å². The lowest BCUT2D eigenvalue weighted by Gasteiger charge is -2.41. The molecule has 0 spiro atoms. The van der Waals surface area contributed by atoms with Crippen LogP contribution in [0.1, 0.15) is 41.7 Å². The Morgan fingerprint density at radius 3 is 2.67 bits per heavy atom. The summed E-state index contributed by atoms with van der Waals surface area (Å²) < 4.78 is 10.7. The molecule has 9 rings (SSSR count). The smallest absolute Gasteiger partial charge is 0.254 e. The standard InChI is InChI=1S/C36H40N10O2/c1-38-13-27-30(14-39-20-41-27)43-15-22(16-43)18-46-33-26(10-25(12-31(33)48-2)36(47)45-19-24-7-8-28(45)32(24)37)42-35(46)29-11-23-4-3-9-40-34(23)44(29)17-21-5-6-21/h3-4,9-14,20-22,24,28,32H,5-8,15-19,37H2,1-2H3/b38-13+/t24?,28?,32-/m1/s1. The molecule has 0 radical (unpaired) electrons. The molecule has 4 aromatic heterocycles. The molecule has 4 fully saturated rings. The minimum absolute atomic E-state index is 0.00661. The summed E-state index contributed by atoms with van der Waals surface area (Å²) in [5, 5.41) is 1.10. The molecule has 246 valence electrons. The highest BCUT2D eigenvalue weighted by Gasteiger charge is 2.47. The number of likely N-dealkylation sites (tertiary alicyclic amines) is 1. The second-order valence-corrected chi connectivity index (χ2v) is 14.0. The van der Waals surface area contributed by atoms with Crippen molar-refractivity contribution in [1.29, 1.82) is 0 Å². The highest BCUT2D eigenvalue weighted by atomic mass is 16.5. The number of hydrogen-bond acceptors (Lipinski definition) is 9. The van der Waals surface area contributed by atoms with Gasteiger partial charge < -0.3 is 29.4 Å². The highest BCUT2D eigenvalue weighted by molar-refractivity contribution is 6.00. The van der Waals surface area contributed by atoms with Crippen LogP contribution in [0, 0.1) is 17.8 Å². The fourth-order valence-corrected chi connectivity index (χ4v) is 8.28. The quantitative estimate of drug-likeness (QED) is 0.238. The predicted molar refractivity (Wildman–Crippen MR) is 185 cm³/mol. The average Bonchev–Trinajstić information content (AvgIpc) is 3.44. The molecule has 4 aliphatic rings.